The van der Waals surface area contributed by atoms with Crippen LogP contribution in [0, 0.1) is 0 Å². The molecule has 0 saturated heterocycles. The van der Waals surface area contributed by atoms with Gasteiger partial charge in [0.25, 0.3) is 5.91 Å². The van der Waals surface area contributed by atoms with Gasteiger partial charge in [0.2, 0.25) is 5.78 Å². The zero-order valence-electron chi connectivity index (χ0n) is 15.2. The largest absolute Gasteiger partial charge is 0.334 e. The first-order chi connectivity index (χ1) is 14.1. The van der Waals surface area contributed by atoms with Crippen LogP contribution in [0.5, 0.6) is 0 Å². The van der Waals surface area contributed by atoms with Crippen LogP contribution >= 0.6 is 11.6 Å². The van der Waals surface area contributed by atoms with Gasteiger partial charge in [-0.3, -0.25) is 9.59 Å². The van der Waals surface area contributed by atoms with E-state index in [2.05, 4.69) is 15.3 Å². The van der Waals surface area contributed by atoms with Crippen molar-refractivity contribution >= 4 is 46.1 Å². The Kier molecular flexibility index (Phi) is 5.22. The molecular weight excluding hydrogens is 386 g/mol. The number of nitrogens with one attached hydrogen (secondary N) is 2. The quantitative estimate of drug-likeness (QED) is 0.349. The van der Waals surface area contributed by atoms with Crippen molar-refractivity contribution in [3.63, 3.8) is 0 Å². The van der Waals surface area contributed by atoms with E-state index in [1.807, 2.05) is 30.3 Å². The molecule has 0 unspecified atom stereocenters. The molecular formula is C23H16ClN3O2. The normalized spacial score (nSPS) is 11.1. The molecule has 142 valence electrons. The number of halogens is 1. The minimum Gasteiger partial charge on any atom is -0.334 e. The molecule has 1 amide bonds. The second kappa shape index (κ2) is 8.12. The number of anilines is 1. The van der Waals surface area contributed by atoms with Gasteiger partial charge in [0.15, 0.2) is 5.82 Å². The lowest BCUT2D eigenvalue weighted by atomic mass is 10.1. The Morgan fingerprint density at radius 3 is 2.41 bits per heavy atom. The van der Waals surface area contributed by atoms with E-state index in [0.29, 0.717) is 21.6 Å². The Morgan fingerprint density at radius 1 is 0.931 bits per heavy atom. The Labute approximate surface area is 172 Å². The Bertz CT molecular complexity index is 1210. The maximum absolute atomic E-state index is 12.4. The fraction of sp³-hybridized carbons (Fsp3) is 0. The van der Waals surface area contributed by atoms with Crippen LogP contribution in [0.25, 0.3) is 17.1 Å². The van der Waals surface area contributed by atoms with Crippen molar-refractivity contribution in [2.45, 2.75) is 0 Å². The number of carbonyl (C=O) groups excluding carboxylic acids is 2. The van der Waals surface area contributed by atoms with E-state index >= 15 is 0 Å². The van der Waals surface area contributed by atoms with Gasteiger partial charge >= 0.3 is 0 Å². The lowest BCUT2D eigenvalue weighted by Gasteiger charge is -2.05. The fourth-order valence-electron chi connectivity index (χ4n) is 2.83. The third-order valence-electron chi connectivity index (χ3n) is 4.33. The van der Waals surface area contributed by atoms with Crippen LogP contribution in [-0.2, 0) is 0 Å². The van der Waals surface area contributed by atoms with Crippen LogP contribution in [0.15, 0.2) is 78.9 Å². The molecule has 0 spiro atoms. The summed E-state index contributed by atoms with van der Waals surface area (Å²) in [6.07, 6.45) is 3.11. The van der Waals surface area contributed by atoms with E-state index in [9.17, 15) is 9.59 Å². The number of hydrogen-bond donors (Lipinski definition) is 2. The molecule has 0 saturated carbocycles. The Balaban J connectivity index is 1.45. The molecule has 0 aliphatic rings. The van der Waals surface area contributed by atoms with Gasteiger partial charge in [0, 0.05) is 11.3 Å². The molecule has 0 aliphatic carbocycles. The van der Waals surface area contributed by atoms with Crippen molar-refractivity contribution in [2.24, 2.45) is 0 Å². The SMILES string of the molecule is O=C(Nc1ccccc1)c1ccc(C=CC(=O)c2nc3cccc(Cl)c3[nH]2)cc1. The molecule has 0 bridgehead atoms. The summed E-state index contributed by atoms with van der Waals surface area (Å²) in [4.78, 5) is 31.9. The molecule has 3 aromatic carbocycles. The molecule has 1 heterocycles. The highest BCUT2D eigenvalue weighted by Crippen LogP contribution is 2.21. The van der Waals surface area contributed by atoms with E-state index in [4.69, 9.17) is 11.6 Å². The first-order valence-corrected chi connectivity index (χ1v) is 9.31. The molecule has 0 fully saturated rings. The fourth-order valence-corrected chi connectivity index (χ4v) is 3.05. The molecule has 2 N–H and O–H groups in total. The van der Waals surface area contributed by atoms with Crippen molar-refractivity contribution < 1.29 is 9.59 Å². The van der Waals surface area contributed by atoms with Crippen LogP contribution < -0.4 is 5.32 Å². The predicted molar refractivity (Wildman–Crippen MR) is 115 cm³/mol. The number of para-hydroxylation sites is 2. The van der Waals surface area contributed by atoms with Gasteiger partial charge in [-0.2, -0.15) is 0 Å². The van der Waals surface area contributed by atoms with Gasteiger partial charge in [-0.25, -0.2) is 4.98 Å². The highest BCUT2D eigenvalue weighted by Gasteiger charge is 2.10. The van der Waals surface area contributed by atoms with Crippen molar-refractivity contribution in [1.82, 2.24) is 9.97 Å². The van der Waals surface area contributed by atoms with Gasteiger partial charge in [0.05, 0.1) is 16.1 Å². The summed E-state index contributed by atoms with van der Waals surface area (Å²) < 4.78 is 0. The maximum atomic E-state index is 12.4. The lowest BCUT2D eigenvalue weighted by molar-refractivity contribution is 0.102. The third-order valence-corrected chi connectivity index (χ3v) is 4.65. The summed E-state index contributed by atoms with van der Waals surface area (Å²) in [5.74, 6) is -0.228. The van der Waals surface area contributed by atoms with Crippen LogP contribution in [0.4, 0.5) is 5.69 Å². The van der Waals surface area contributed by atoms with Crippen LogP contribution in [0.1, 0.15) is 26.5 Å². The lowest BCUT2D eigenvalue weighted by Crippen LogP contribution is -2.11. The van der Waals surface area contributed by atoms with E-state index in [-0.39, 0.29) is 17.5 Å². The minimum absolute atomic E-state index is 0.193. The number of fused-ring (bicyclic) bond motifs is 1. The van der Waals surface area contributed by atoms with E-state index < -0.39 is 0 Å². The first-order valence-electron chi connectivity index (χ1n) is 8.93. The van der Waals surface area contributed by atoms with Crippen molar-refractivity contribution in [2.75, 3.05) is 5.32 Å². The number of H-pyrrole nitrogens is 1. The third kappa shape index (κ3) is 4.25. The number of allylic oxidation sites excluding steroid dienone is 1. The summed E-state index contributed by atoms with van der Waals surface area (Å²) in [7, 11) is 0. The van der Waals surface area contributed by atoms with Crippen LogP contribution in [0.2, 0.25) is 5.02 Å². The number of hydrogen-bond acceptors (Lipinski definition) is 3. The van der Waals surface area contributed by atoms with Gasteiger partial charge in [-0.05, 0) is 48.0 Å². The summed E-state index contributed by atoms with van der Waals surface area (Å²) in [6, 6.07) is 21.5. The van der Waals surface area contributed by atoms with Crippen molar-refractivity contribution in [3.8, 4) is 0 Å². The van der Waals surface area contributed by atoms with Crippen LogP contribution in [0.3, 0.4) is 0 Å². The second-order valence-electron chi connectivity index (χ2n) is 6.36. The molecule has 1 aromatic heterocycles. The average molecular weight is 402 g/mol. The number of carbonyl (C=O) groups is 2. The first kappa shape index (κ1) is 18.7. The highest BCUT2D eigenvalue weighted by molar-refractivity contribution is 6.35. The molecule has 29 heavy (non-hydrogen) atoms. The topological polar surface area (TPSA) is 74.8 Å². The zero-order chi connectivity index (χ0) is 20.2. The Hall–Kier alpha value is -3.70. The van der Waals surface area contributed by atoms with E-state index in [1.165, 1.54) is 6.08 Å². The number of aromatic nitrogens is 2. The molecule has 4 aromatic rings. The number of imidazole rings is 1. The summed E-state index contributed by atoms with van der Waals surface area (Å²) in [5.41, 5.74) is 3.34. The summed E-state index contributed by atoms with van der Waals surface area (Å²) in [6.45, 7) is 0. The number of ketones is 1. The molecule has 5 nitrogen and oxygen atoms in total. The average Bonchev–Trinajstić information content (AvgIpc) is 3.19. The number of nitrogens with zero attached hydrogens (tertiary/aromatic N) is 1. The van der Waals surface area contributed by atoms with Crippen molar-refractivity contribution in [3.05, 3.63) is 101 Å². The molecule has 0 radical (unpaired) electrons. The van der Waals surface area contributed by atoms with E-state index in [0.717, 1.165) is 11.3 Å². The minimum atomic E-state index is -0.261. The maximum Gasteiger partial charge on any atom is 0.255 e. The van der Waals surface area contributed by atoms with Crippen LogP contribution in [-0.4, -0.2) is 21.7 Å². The number of amides is 1. The molecule has 4 rings (SSSR count). The highest BCUT2D eigenvalue weighted by atomic mass is 35.5. The summed E-state index contributed by atoms with van der Waals surface area (Å²) >= 11 is 6.11. The molecule has 0 atom stereocenters. The number of benzene rings is 3. The monoisotopic (exact) mass is 401 g/mol. The molecule has 0 aliphatic heterocycles. The van der Waals surface area contributed by atoms with Gasteiger partial charge in [0.1, 0.15) is 0 Å². The Morgan fingerprint density at radius 2 is 1.69 bits per heavy atom. The smallest absolute Gasteiger partial charge is 0.255 e. The number of rotatable bonds is 5. The molecule has 6 heteroatoms. The standard InChI is InChI=1S/C23H16ClN3O2/c24-18-7-4-8-19-21(18)27-22(26-19)20(28)14-11-15-9-12-16(13-10-15)23(29)25-17-5-2-1-3-6-17/h1-14H,(H,25,29)(H,26,27). The van der Waals surface area contributed by atoms with Gasteiger partial charge < -0.3 is 10.3 Å². The predicted octanol–water partition coefficient (Wildman–Crippen LogP) is 5.36. The van der Waals surface area contributed by atoms with E-state index in [1.54, 1.807) is 48.5 Å². The van der Waals surface area contributed by atoms with Crippen molar-refractivity contribution in [1.29, 1.82) is 0 Å². The zero-order valence-corrected chi connectivity index (χ0v) is 16.0. The van der Waals surface area contributed by atoms with Gasteiger partial charge in [-0.15, -0.1) is 0 Å². The second-order valence-corrected chi connectivity index (χ2v) is 6.77. The van der Waals surface area contributed by atoms with Gasteiger partial charge in [-0.1, -0.05) is 54.1 Å². The number of aromatic amines is 1. The summed E-state index contributed by atoms with van der Waals surface area (Å²) in [5, 5.41) is 3.35.